The number of hydrogen-bond donors (Lipinski definition) is 2. The molecule has 0 bridgehead atoms. The van der Waals surface area contributed by atoms with E-state index in [0.29, 0.717) is 0 Å². The maximum Gasteiger partial charge on any atom is 0.406 e. The first-order chi connectivity index (χ1) is 9.81. The van der Waals surface area contributed by atoms with Crippen LogP contribution in [-0.2, 0) is 9.53 Å². The fourth-order valence-corrected chi connectivity index (χ4v) is 2.13. The number of rotatable bonds is 4. The van der Waals surface area contributed by atoms with E-state index in [-0.39, 0.29) is 38.5 Å². The minimum absolute atomic E-state index is 0.0118. The third-order valence-corrected chi connectivity index (χ3v) is 4.07. The number of amides is 1. The largest absolute Gasteiger partial charge is 0.445 e. The van der Waals surface area contributed by atoms with Crippen molar-refractivity contribution in [2.24, 2.45) is 0 Å². The molecule has 1 fully saturated rings. The molecular formula is C12H13Cl3N3O3+. The van der Waals surface area contributed by atoms with Gasteiger partial charge in [-0.25, -0.2) is 4.79 Å². The Morgan fingerprint density at radius 1 is 1.33 bits per heavy atom. The van der Waals surface area contributed by atoms with Crippen molar-refractivity contribution >= 4 is 52.4 Å². The Hall–Kier alpha value is -1.24. The molecule has 0 radical (unpaired) electrons. The van der Waals surface area contributed by atoms with Gasteiger partial charge in [-0.3, -0.25) is 4.79 Å². The molecule has 0 aliphatic heterocycles. The molecule has 1 aromatic heterocycles. The van der Waals surface area contributed by atoms with E-state index in [0.717, 1.165) is 12.8 Å². The van der Waals surface area contributed by atoms with Gasteiger partial charge in [-0.15, -0.1) is 0 Å². The smallest absolute Gasteiger partial charge is 0.406 e. The fourth-order valence-electron chi connectivity index (χ4n) is 1.53. The highest BCUT2D eigenvalue weighted by molar-refractivity contribution is 6.45. The van der Waals surface area contributed by atoms with Crippen LogP contribution in [0.25, 0.3) is 0 Å². The summed E-state index contributed by atoms with van der Waals surface area (Å²) < 4.78 is 5.03. The lowest BCUT2D eigenvalue weighted by Gasteiger charge is -2.12. The van der Waals surface area contributed by atoms with Gasteiger partial charge in [0.1, 0.15) is 10.0 Å². The summed E-state index contributed by atoms with van der Waals surface area (Å²) >= 11 is 17.5. The van der Waals surface area contributed by atoms with Gasteiger partial charge in [-0.1, -0.05) is 23.2 Å². The molecule has 6 nitrogen and oxygen atoms in total. The van der Waals surface area contributed by atoms with Gasteiger partial charge in [-0.2, -0.15) is 4.98 Å². The highest BCUT2D eigenvalue weighted by atomic mass is 35.5. The standard InChI is InChI=1S/C12H12Cl3N3O3/c1-4(11(19)17-5-2-3-5)21-12(20)9-6(13)8(16)7(14)10(15)18-9/h4-5H,2-3H2,1H3,(H2,16,18)(H,17,19)/p+1/t4-/m0/s1. The number of aromatic nitrogens is 1. The number of anilines is 1. The lowest BCUT2D eigenvalue weighted by atomic mass is 10.3. The van der Waals surface area contributed by atoms with Gasteiger partial charge in [-0.05, 0) is 31.4 Å². The van der Waals surface area contributed by atoms with Gasteiger partial charge in [0.25, 0.3) is 11.1 Å². The molecule has 4 N–H and O–H groups in total. The van der Waals surface area contributed by atoms with Crippen molar-refractivity contribution in [1.82, 2.24) is 5.32 Å². The maximum absolute atomic E-state index is 12.0. The third kappa shape index (κ3) is 3.70. The van der Waals surface area contributed by atoms with Gasteiger partial charge in [0.05, 0.1) is 5.69 Å². The number of nitrogens with two attached hydrogens (primary N) is 1. The van der Waals surface area contributed by atoms with Crippen LogP contribution in [0.3, 0.4) is 0 Å². The Labute approximate surface area is 135 Å². The van der Waals surface area contributed by atoms with E-state index >= 15 is 0 Å². The van der Waals surface area contributed by atoms with Crippen molar-refractivity contribution in [3.63, 3.8) is 0 Å². The van der Waals surface area contributed by atoms with Gasteiger partial charge in [0.15, 0.2) is 6.10 Å². The normalized spacial score (nSPS) is 15.4. The number of H-pyrrole nitrogens is 1. The second-order valence-electron chi connectivity index (χ2n) is 4.69. The summed E-state index contributed by atoms with van der Waals surface area (Å²) in [7, 11) is 0. The highest BCUT2D eigenvalue weighted by Crippen LogP contribution is 2.32. The van der Waals surface area contributed by atoms with E-state index in [9.17, 15) is 9.59 Å². The Bertz CT molecular complexity index is 605. The van der Waals surface area contributed by atoms with Gasteiger partial charge < -0.3 is 15.8 Å². The molecule has 1 heterocycles. The first-order valence-corrected chi connectivity index (χ1v) is 7.31. The van der Waals surface area contributed by atoms with Crippen molar-refractivity contribution in [3.05, 3.63) is 20.9 Å². The van der Waals surface area contributed by atoms with Crippen LogP contribution in [0.5, 0.6) is 0 Å². The summed E-state index contributed by atoms with van der Waals surface area (Å²) in [6.45, 7) is 1.46. The second-order valence-corrected chi connectivity index (χ2v) is 5.82. The van der Waals surface area contributed by atoms with Crippen LogP contribution in [0.15, 0.2) is 0 Å². The molecule has 21 heavy (non-hydrogen) atoms. The monoisotopic (exact) mass is 352 g/mol. The number of hydrogen-bond acceptors (Lipinski definition) is 4. The quantitative estimate of drug-likeness (QED) is 0.638. The number of aromatic amines is 1. The van der Waals surface area contributed by atoms with Crippen molar-refractivity contribution in [2.45, 2.75) is 31.9 Å². The Kier molecular flexibility index (Phi) is 4.81. The molecule has 0 saturated heterocycles. The average molecular weight is 354 g/mol. The van der Waals surface area contributed by atoms with Crippen molar-refractivity contribution in [3.8, 4) is 0 Å². The van der Waals surface area contributed by atoms with Crippen LogP contribution in [0.4, 0.5) is 5.69 Å². The van der Waals surface area contributed by atoms with E-state index in [1.54, 1.807) is 0 Å². The summed E-state index contributed by atoms with van der Waals surface area (Å²) in [5, 5.41) is 2.59. The lowest BCUT2D eigenvalue weighted by molar-refractivity contribution is -0.380. The molecular weight excluding hydrogens is 341 g/mol. The van der Waals surface area contributed by atoms with Gasteiger partial charge >= 0.3 is 11.7 Å². The van der Waals surface area contributed by atoms with Gasteiger partial charge in [0, 0.05) is 6.04 Å². The van der Waals surface area contributed by atoms with E-state index in [2.05, 4.69) is 10.3 Å². The summed E-state index contributed by atoms with van der Waals surface area (Å²) in [4.78, 5) is 26.2. The first kappa shape index (κ1) is 16.1. The number of nitrogens with one attached hydrogen (secondary N) is 2. The molecule has 1 aliphatic carbocycles. The number of esters is 1. The second kappa shape index (κ2) is 6.25. The molecule has 1 amide bonds. The average Bonchev–Trinajstić information content (AvgIpc) is 3.24. The molecule has 0 spiro atoms. The number of carbonyl (C=O) groups is 2. The number of ether oxygens (including phenoxy) is 1. The van der Waals surface area contributed by atoms with Crippen LogP contribution >= 0.6 is 34.8 Å². The van der Waals surface area contributed by atoms with E-state index in [4.69, 9.17) is 45.3 Å². The predicted molar refractivity (Wildman–Crippen MR) is 78.5 cm³/mol. The molecule has 1 atom stereocenters. The van der Waals surface area contributed by atoms with Crippen molar-refractivity contribution < 1.29 is 19.3 Å². The van der Waals surface area contributed by atoms with Crippen LogP contribution in [0, 0.1) is 0 Å². The number of pyridine rings is 1. The predicted octanol–water partition coefficient (Wildman–Crippen LogP) is 1.87. The van der Waals surface area contributed by atoms with Crippen molar-refractivity contribution in [1.29, 1.82) is 0 Å². The summed E-state index contributed by atoms with van der Waals surface area (Å²) in [5.74, 6) is -1.21. The zero-order valence-electron chi connectivity index (χ0n) is 11.0. The Balaban J connectivity index is 2.11. The summed E-state index contributed by atoms with van der Waals surface area (Å²) in [5.41, 5.74) is 5.44. The van der Waals surface area contributed by atoms with Crippen molar-refractivity contribution in [2.75, 3.05) is 5.73 Å². The summed E-state index contributed by atoms with van der Waals surface area (Å²) in [6.07, 6.45) is 0.920. The van der Waals surface area contributed by atoms with E-state index < -0.39 is 12.1 Å². The van der Waals surface area contributed by atoms with Crippen LogP contribution in [-0.4, -0.2) is 24.0 Å². The van der Waals surface area contributed by atoms with Crippen LogP contribution < -0.4 is 16.0 Å². The highest BCUT2D eigenvalue weighted by Gasteiger charge is 2.31. The molecule has 0 aromatic carbocycles. The number of carbonyl (C=O) groups excluding carboxylic acids is 2. The molecule has 1 aromatic rings. The number of nitrogen functional groups attached to an aromatic ring is 1. The Morgan fingerprint density at radius 3 is 2.52 bits per heavy atom. The zero-order chi connectivity index (χ0) is 15.7. The SMILES string of the molecule is C[C@H](OC(=O)c1[nH+]c(Cl)c(Cl)c(N)c1Cl)C(=O)NC1CC1. The molecule has 9 heteroatoms. The van der Waals surface area contributed by atoms with Crippen LogP contribution in [0.1, 0.15) is 30.3 Å². The van der Waals surface area contributed by atoms with Gasteiger partial charge in [0.2, 0.25) is 0 Å². The molecule has 1 saturated carbocycles. The first-order valence-electron chi connectivity index (χ1n) is 6.17. The van der Waals surface area contributed by atoms with E-state index in [1.165, 1.54) is 6.92 Å². The number of halogens is 3. The molecule has 0 unspecified atom stereocenters. The lowest BCUT2D eigenvalue weighted by Crippen LogP contribution is -2.38. The van der Waals surface area contributed by atoms with Crippen LogP contribution in [0.2, 0.25) is 15.2 Å². The van der Waals surface area contributed by atoms with E-state index in [1.807, 2.05) is 0 Å². The maximum atomic E-state index is 12.0. The molecule has 114 valence electrons. The molecule has 2 rings (SSSR count). The molecule has 1 aliphatic rings. The summed E-state index contributed by atoms with van der Waals surface area (Å²) in [6, 6.07) is 0.175. The minimum Gasteiger partial charge on any atom is -0.445 e. The Morgan fingerprint density at radius 2 is 1.95 bits per heavy atom. The fraction of sp³-hybridized carbons (Fsp3) is 0.417. The minimum atomic E-state index is -0.960. The third-order valence-electron chi connectivity index (χ3n) is 2.90. The topological polar surface area (TPSA) is 95.6 Å². The zero-order valence-corrected chi connectivity index (χ0v) is 13.3.